The van der Waals surface area contributed by atoms with E-state index in [1.54, 1.807) is 21.3 Å². The lowest BCUT2D eigenvalue weighted by Gasteiger charge is -2.19. The van der Waals surface area contributed by atoms with Gasteiger partial charge in [0.2, 0.25) is 0 Å². The fraction of sp³-hybridized carbons (Fsp3) is 0.364. The summed E-state index contributed by atoms with van der Waals surface area (Å²) in [6.45, 7) is 10.1. The quantitative estimate of drug-likeness (QED) is 0.294. The Morgan fingerprint density at radius 1 is 0.963 bits per heavy atom. The molecule has 0 aliphatic rings. The molecule has 0 N–H and O–H groups in total. The summed E-state index contributed by atoms with van der Waals surface area (Å²) in [5.41, 5.74) is 4.16. The molecule has 1 atom stereocenters. The molecule has 5 heteroatoms. The van der Waals surface area contributed by atoms with E-state index >= 15 is 0 Å². The molecule has 0 saturated heterocycles. The number of carbonyl (C=O) groups excluding carboxylic acids is 2. The third kappa shape index (κ3) is 6.11. The second kappa shape index (κ2) is 10.7. The summed E-state index contributed by atoms with van der Waals surface area (Å²) in [4.78, 5) is 26.0. The summed E-state index contributed by atoms with van der Waals surface area (Å²) in [6, 6.07) is 13.1. The van der Waals surface area contributed by atoms with Crippen LogP contribution in [0.15, 0.2) is 42.5 Å². The lowest BCUT2D eigenvalue weighted by Crippen LogP contribution is -2.26. The van der Waals surface area contributed by atoms with Gasteiger partial charge in [-0.15, -0.1) is 0 Å². The number of ketones is 1. The van der Waals surface area contributed by atoms with Gasteiger partial charge in [0, 0.05) is 5.56 Å². The average molecular weight is 386 g/mol. The molecular weight excluding hydrogens is 359 g/mol. The topological polar surface area (TPSA) is 60.4 Å². The summed E-state index contributed by atoms with van der Waals surface area (Å²) in [7, 11) is 1.72. The number of aryl methyl sites for hydroxylation is 3. The first-order valence-electron chi connectivity index (χ1n) is 8.85. The summed E-state index contributed by atoms with van der Waals surface area (Å²) in [5.74, 6) is -1.39. The molecule has 27 heavy (non-hydrogen) atoms. The van der Waals surface area contributed by atoms with Gasteiger partial charge in [-0.25, -0.2) is 0 Å². The largest absolute Gasteiger partial charge is 0.465 e. The minimum Gasteiger partial charge on any atom is -0.465 e. The van der Waals surface area contributed by atoms with Crippen LogP contribution in [0, 0.1) is 26.7 Å². The van der Waals surface area contributed by atoms with Crippen molar-refractivity contribution in [3.63, 3.8) is 0 Å². The second-order valence-electron chi connectivity index (χ2n) is 7.01. The number of hydrogen-bond donors (Lipinski definition) is 0. The zero-order chi connectivity index (χ0) is 20.6. The Kier molecular flexibility index (Phi) is 9.04. The van der Waals surface area contributed by atoms with Crippen LogP contribution >= 0.6 is 9.12 Å². The number of esters is 1. The molecule has 0 fully saturated rings. The average Bonchev–Trinajstić information content (AvgIpc) is 2.62. The van der Waals surface area contributed by atoms with E-state index in [-0.39, 0.29) is 11.7 Å². The van der Waals surface area contributed by atoms with E-state index in [9.17, 15) is 9.59 Å². The molecule has 0 radical (unpaired) electrons. The smallest absolute Gasteiger partial charge is 0.321 e. The molecule has 2 rings (SSSR count). The third-order valence-electron chi connectivity index (χ3n) is 4.11. The summed E-state index contributed by atoms with van der Waals surface area (Å²) in [5, 5.41) is 0. The highest BCUT2D eigenvalue weighted by atomic mass is 31.0. The molecule has 0 amide bonds. The molecule has 1 unspecified atom stereocenters. The van der Waals surface area contributed by atoms with Crippen molar-refractivity contribution in [2.24, 2.45) is 5.92 Å². The number of hydrogen-bond acceptors (Lipinski definition) is 4. The van der Waals surface area contributed by atoms with Crippen molar-refractivity contribution >= 4 is 20.9 Å². The van der Waals surface area contributed by atoms with Crippen LogP contribution in [0.4, 0.5) is 0 Å². The van der Waals surface area contributed by atoms with Gasteiger partial charge in [-0.3, -0.25) is 14.2 Å². The number of carbonyl (C=O) groups is 2. The van der Waals surface area contributed by atoms with Crippen molar-refractivity contribution in [1.82, 2.24) is 0 Å². The molecule has 0 aliphatic heterocycles. The monoisotopic (exact) mass is 386 g/mol. The van der Waals surface area contributed by atoms with Gasteiger partial charge in [0.05, 0.1) is 6.61 Å². The van der Waals surface area contributed by atoms with Crippen LogP contribution in [0.3, 0.4) is 0 Å². The summed E-state index contributed by atoms with van der Waals surface area (Å²) >= 11 is 0. The molecule has 144 valence electrons. The number of benzene rings is 2. The van der Waals surface area contributed by atoms with E-state index in [2.05, 4.69) is 0 Å². The predicted molar refractivity (Wildman–Crippen MR) is 109 cm³/mol. The van der Waals surface area contributed by atoms with Gasteiger partial charge >= 0.3 is 5.97 Å². The maximum Gasteiger partial charge on any atom is 0.321 e. The Morgan fingerprint density at radius 3 is 1.96 bits per heavy atom. The lowest BCUT2D eigenvalue weighted by molar-refractivity contribution is -0.145. The van der Waals surface area contributed by atoms with E-state index in [4.69, 9.17) is 9.30 Å². The van der Waals surface area contributed by atoms with Crippen molar-refractivity contribution in [3.8, 4) is 0 Å². The fourth-order valence-corrected chi connectivity index (χ4v) is 3.09. The van der Waals surface area contributed by atoms with Crippen molar-refractivity contribution in [3.05, 3.63) is 70.3 Å². The van der Waals surface area contributed by atoms with Gasteiger partial charge in [-0.05, 0) is 43.4 Å². The van der Waals surface area contributed by atoms with Crippen molar-refractivity contribution in [2.75, 3.05) is 6.61 Å². The van der Waals surface area contributed by atoms with Crippen LogP contribution in [0.2, 0.25) is 0 Å². The molecule has 0 aliphatic carbocycles. The second-order valence-corrected chi connectivity index (χ2v) is 7.01. The lowest BCUT2D eigenvalue weighted by atomic mass is 9.86. The molecular formula is C22H27O4P. The molecule has 4 nitrogen and oxygen atoms in total. The Hall–Kier alpha value is -2.32. The first kappa shape index (κ1) is 22.7. The minimum absolute atomic E-state index is 0.199. The van der Waals surface area contributed by atoms with Crippen LogP contribution < -0.4 is 0 Å². The first-order valence-corrected chi connectivity index (χ1v) is 9.26. The molecule has 0 aromatic heterocycles. The van der Waals surface area contributed by atoms with E-state index < -0.39 is 11.9 Å². The molecule has 2 aromatic rings. The predicted octanol–water partition coefficient (Wildman–Crippen LogP) is 5.25. The molecule has 0 spiro atoms. The van der Waals surface area contributed by atoms with E-state index in [1.807, 2.05) is 65.0 Å². The van der Waals surface area contributed by atoms with Gasteiger partial charge in [0.15, 0.2) is 5.78 Å². The Balaban J connectivity index is 0.00000176. The van der Waals surface area contributed by atoms with E-state index in [0.29, 0.717) is 17.7 Å². The van der Waals surface area contributed by atoms with Crippen LogP contribution in [0.1, 0.15) is 52.4 Å². The maximum atomic E-state index is 13.3. The van der Waals surface area contributed by atoms with E-state index in [0.717, 1.165) is 16.7 Å². The van der Waals surface area contributed by atoms with Crippen molar-refractivity contribution in [1.29, 1.82) is 0 Å². The Morgan fingerprint density at radius 2 is 1.48 bits per heavy atom. The number of rotatable bonds is 6. The standard InChI is InChI=1S/C22H26O3.HOP/c1-14(2)13-25-22(24)20(18-9-7-6-8-10-18)21(23)19-16(4)11-15(3)12-17(19)5;1-2/h6-12,14,20H,13H2,1-5H3;2H. The summed E-state index contributed by atoms with van der Waals surface area (Å²) in [6.07, 6.45) is 0. The van der Waals surface area contributed by atoms with Crippen molar-refractivity contribution < 1.29 is 18.9 Å². The Labute approximate surface area is 163 Å². The number of Topliss-reactive ketones (excluding diaryl/α,β-unsaturated/α-hetero) is 1. The zero-order valence-corrected chi connectivity index (χ0v) is 17.5. The first-order chi connectivity index (χ1) is 12.8. The van der Waals surface area contributed by atoms with Gasteiger partial charge < -0.3 is 4.74 Å². The zero-order valence-electron chi connectivity index (χ0n) is 16.5. The van der Waals surface area contributed by atoms with Crippen LogP contribution in [0.5, 0.6) is 0 Å². The minimum atomic E-state index is -0.931. The SMILES string of the molecule is Cc1cc(C)c(C(=O)C(C(=O)OCC(C)C)c2ccccc2)c(C)c1.O=P. The normalized spacial score (nSPS) is 11.3. The van der Waals surface area contributed by atoms with E-state index in [1.165, 1.54) is 0 Å². The Bertz CT molecular complexity index is 761. The molecule has 2 aromatic carbocycles. The summed E-state index contributed by atoms with van der Waals surface area (Å²) < 4.78 is 13.5. The van der Waals surface area contributed by atoms with Gasteiger partial charge in [-0.1, -0.05) is 61.9 Å². The van der Waals surface area contributed by atoms with Gasteiger partial charge in [0.1, 0.15) is 15.0 Å². The van der Waals surface area contributed by atoms with Crippen molar-refractivity contribution in [2.45, 2.75) is 40.5 Å². The van der Waals surface area contributed by atoms with Crippen LogP contribution in [-0.2, 0) is 14.1 Å². The highest BCUT2D eigenvalue weighted by molar-refractivity contribution is 7.00. The highest BCUT2D eigenvalue weighted by Crippen LogP contribution is 2.27. The molecule has 0 heterocycles. The third-order valence-corrected chi connectivity index (χ3v) is 4.11. The maximum absolute atomic E-state index is 13.3. The fourth-order valence-electron chi connectivity index (χ4n) is 3.09. The van der Waals surface area contributed by atoms with Crippen LogP contribution in [0.25, 0.3) is 0 Å². The highest BCUT2D eigenvalue weighted by Gasteiger charge is 2.32. The van der Waals surface area contributed by atoms with Gasteiger partial charge in [-0.2, -0.15) is 0 Å². The molecule has 0 saturated carbocycles. The number of ether oxygens (including phenoxy) is 1. The van der Waals surface area contributed by atoms with Crippen LogP contribution in [-0.4, -0.2) is 18.4 Å². The van der Waals surface area contributed by atoms with Gasteiger partial charge in [0.25, 0.3) is 0 Å². The molecule has 0 bridgehead atoms.